The summed E-state index contributed by atoms with van der Waals surface area (Å²) in [4.78, 5) is 4.31. The van der Waals surface area contributed by atoms with E-state index in [4.69, 9.17) is 0 Å². The van der Waals surface area contributed by atoms with Crippen LogP contribution < -0.4 is 4.90 Å². The zero-order chi connectivity index (χ0) is 12.4. The minimum absolute atomic E-state index is 0.0329. The quantitative estimate of drug-likeness (QED) is 0.842. The average molecular weight is 238 g/mol. The van der Waals surface area contributed by atoms with E-state index >= 15 is 0 Å². The molecule has 2 rings (SSSR count). The first-order valence-corrected chi connectivity index (χ1v) is 5.95. The maximum Gasteiger partial charge on any atom is 0.125 e. The third-order valence-electron chi connectivity index (χ3n) is 3.28. The SMILES string of the molecule is CC1CN(C)CC(CO)N1c1cccc(F)c1. The fourth-order valence-corrected chi connectivity index (χ4v) is 2.67. The summed E-state index contributed by atoms with van der Waals surface area (Å²) in [6.45, 7) is 3.92. The van der Waals surface area contributed by atoms with Crippen molar-refractivity contribution in [3.8, 4) is 0 Å². The first kappa shape index (κ1) is 12.3. The van der Waals surface area contributed by atoms with Gasteiger partial charge in [-0.1, -0.05) is 6.07 Å². The standard InChI is InChI=1S/C13H19FN2O/c1-10-7-15(2)8-13(9-17)16(10)12-5-3-4-11(14)6-12/h3-6,10,13,17H,7-9H2,1-2H3. The molecule has 1 aromatic carbocycles. The highest BCUT2D eigenvalue weighted by Crippen LogP contribution is 2.24. The van der Waals surface area contributed by atoms with Crippen molar-refractivity contribution < 1.29 is 9.50 Å². The van der Waals surface area contributed by atoms with Crippen LogP contribution in [0.5, 0.6) is 0 Å². The third-order valence-corrected chi connectivity index (χ3v) is 3.28. The number of hydrogen-bond donors (Lipinski definition) is 1. The lowest BCUT2D eigenvalue weighted by atomic mass is 10.1. The highest BCUT2D eigenvalue weighted by Gasteiger charge is 2.30. The number of likely N-dealkylation sites (N-methyl/N-ethyl adjacent to an activating group) is 1. The zero-order valence-electron chi connectivity index (χ0n) is 10.3. The summed E-state index contributed by atoms with van der Waals surface area (Å²) in [5, 5.41) is 9.47. The first-order chi connectivity index (χ1) is 8.11. The minimum atomic E-state index is -0.231. The van der Waals surface area contributed by atoms with Crippen molar-refractivity contribution in [2.24, 2.45) is 0 Å². The van der Waals surface area contributed by atoms with Crippen LogP contribution in [0.4, 0.5) is 10.1 Å². The van der Waals surface area contributed by atoms with Crippen molar-refractivity contribution in [1.82, 2.24) is 4.90 Å². The van der Waals surface area contributed by atoms with E-state index in [0.29, 0.717) is 0 Å². The van der Waals surface area contributed by atoms with Crippen LogP contribution in [0.25, 0.3) is 0 Å². The fraction of sp³-hybridized carbons (Fsp3) is 0.538. The van der Waals surface area contributed by atoms with E-state index in [0.717, 1.165) is 18.8 Å². The fourth-order valence-electron chi connectivity index (χ4n) is 2.67. The number of nitrogens with zero attached hydrogens (tertiary/aromatic N) is 2. The molecule has 1 N–H and O–H groups in total. The van der Waals surface area contributed by atoms with Crippen molar-refractivity contribution in [3.05, 3.63) is 30.1 Å². The molecule has 1 fully saturated rings. The molecule has 2 atom stereocenters. The van der Waals surface area contributed by atoms with Gasteiger partial charge in [-0.05, 0) is 32.2 Å². The molecule has 0 radical (unpaired) electrons. The summed E-state index contributed by atoms with van der Waals surface area (Å²) < 4.78 is 13.3. The Labute approximate surface area is 101 Å². The second kappa shape index (κ2) is 5.02. The molecule has 1 heterocycles. The average Bonchev–Trinajstić information content (AvgIpc) is 2.27. The Morgan fingerprint density at radius 3 is 2.82 bits per heavy atom. The summed E-state index contributed by atoms with van der Waals surface area (Å²) in [5.41, 5.74) is 0.852. The molecule has 1 aliphatic heterocycles. The number of hydrogen-bond acceptors (Lipinski definition) is 3. The number of anilines is 1. The largest absolute Gasteiger partial charge is 0.394 e. The number of rotatable bonds is 2. The van der Waals surface area contributed by atoms with Crippen LogP contribution in [0.15, 0.2) is 24.3 Å². The van der Waals surface area contributed by atoms with Crippen LogP contribution >= 0.6 is 0 Å². The van der Waals surface area contributed by atoms with Crippen molar-refractivity contribution in [3.63, 3.8) is 0 Å². The highest BCUT2D eigenvalue weighted by molar-refractivity contribution is 5.49. The summed E-state index contributed by atoms with van der Waals surface area (Å²) in [7, 11) is 2.04. The minimum Gasteiger partial charge on any atom is -0.394 e. The summed E-state index contributed by atoms with van der Waals surface area (Å²) >= 11 is 0. The van der Waals surface area contributed by atoms with E-state index < -0.39 is 0 Å². The molecule has 0 aliphatic carbocycles. The molecule has 94 valence electrons. The second-order valence-corrected chi connectivity index (χ2v) is 4.79. The number of halogens is 1. The Kier molecular flexibility index (Phi) is 3.64. The van der Waals surface area contributed by atoms with Gasteiger partial charge in [0.25, 0.3) is 0 Å². The molecule has 17 heavy (non-hydrogen) atoms. The van der Waals surface area contributed by atoms with Gasteiger partial charge in [-0.15, -0.1) is 0 Å². The van der Waals surface area contributed by atoms with Gasteiger partial charge in [-0.25, -0.2) is 4.39 Å². The molecule has 0 saturated carbocycles. The Morgan fingerprint density at radius 2 is 2.18 bits per heavy atom. The maximum atomic E-state index is 13.3. The molecule has 2 unspecified atom stereocenters. The van der Waals surface area contributed by atoms with Crippen LogP contribution in [-0.2, 0) is 0 Å². The van der Waals surface area contributed by atoms with E-state index in [9.17, 15) is 9.50 Å². The predicted octanol–water partition coefficient (Wildman–Crippen LogP) is 1.33. The van der Waals surface area contributed by atoms with E-state index in [1.165, 1.54) is 12.1 Å². The van der Waals surface area contributed by atoms with Gasteiger partial charge < -0.3 is 14.9 Å². The van der Waals surface area contributed by atoms with Crippen molar-refractivity contribution >= 4 is 5.69 Å². The Bertz CT molecular complexity index is 385. The van der Waals surface area contributed by atoms with Crippen LogP contribution in [0.3, 0.4) is 0 Å². The lowest BCUT2D eigenvalue weighted by molar-refractivity contribution is 0.171. The maximum absolute atomic E-state index is 13.3. The van der Waals surface area contributed by atoms with Gasteiger partial charge in [-0.3, -0.25) is 0 Å². The van der Waals surface area contributed by atoms with Crippen LogP contribution in [0.2, 0.25) is 0 Å². The van der Waals surface area contributed by atoms with Gasteiger partial charge in [0.15, 0.2) is 0 Å². The van der Waals surface area contributed by atoms with Gasteiger partial charge >= 0.3 is 0 Å². The normalized spacial score (nSPS) is 26.2. The van der Waals surface area contributed by atoms with Crippen LogP contribution in [0, 0.1) is 5.82 Å². The molecule has 1 aliphatic rings. The van der Waals surface area contributed by atoms with Crippen LogP contribution in [0.1, 0.15) is 6.92 Å². The number of piperazine rings is 1. The smallest absolute Gasteiger partial charge is 0.125 e. The van der Waals surface area contributed by atoms with Gasteiger partial charge in [0.2, 0.25) is 0 Å². The monoisotopic (exact) mass is 238 g/mol. The molecule has 4 heteroatoms. The van der Waals surface area contributed by atoms with Gasteiger partial charge in [0, 0.05) is 24.8 Å². The number of benzene rings is 1. The molecule has 0 amide bonds. The Morgan fingerprint density at radius 1 is 1.41 bits per heavy atom. The van der Waals surface area contributed by atoms with E-state index in [-0.39, 0.29) is 24.5 Å². The van der Waals surface area contributed by atoms with Gasteiger partial charge in [0.1, 0.15) is 5.82 Å². The topological polar surface area (TPSA) is 26.7 Å². The van der Waals surface area contributed by atoms with E-state index in [2.05, 4.69) is 16.7 Å². The zero-order valence-corrected chi connectivity index (χ0v) is 10.3. The lowest BCUT2D eigenvalue weighted by Crippen LogP contribution is -2.58. The predicted molar refractivity (Wildman–Crippen MR) is 66.7 cm³/mol. The summed E-state index contributed by atoms with van der Waals surface area (Å²) in [5.74, 6) is -0.231. The molecule has 3 nitrogen and oxygen atoms in total. The number of aliphatic hydroxyl groups is 1. The molecule has 0 bridgehead atoms. The molecule has 1 saturated heterocycles. The van der Waals surface area contributed by atoms with Crippen LogP contribution in [-0.4, -0.2) is 48.8 Å². The summed E-state index contributed by atoms with van der Waals surface area (Å²) in [6.07, 6.45) is 0. The van der Waals surface area contributed by atoms with E-state index in [1.54, 1.807) is 6.07 Å². The second-order valence-electron chi connectivity index (χ2n) is 4.79. The molecular formula is C13H19FN2O. The van der Waals surface area contributed by atoms with Crippen molar-refractivity contribution in [1.29, 1.82) is 0 Å². The Hall–Kier alpha value is -1.13. The summed E-state index contributed by atoms with van der Waals surface area (Å²) in [6, 6.07) is 6.89. The molecular weight excluding hydrogens is 219 g/mol. The third kappa shape index (κ3) is 2.58. The first-order valence-electron chi connectivity index (χ1n) is 5.95. The van der Waals surface area contributed by atoms with E-state index in [1.807, 2.05) is 13.1 Å². The van der Waals surface area contributed by atoms with Crippen molar-refractivity contribution in [2.45, 2.75) is 19.0 Å². The Balaban J connectivity index is 2.28. The number of aliphatic hydroxyl groups excluding tert-OH is 1. The van der Waals surface area contributed by atoms with Crippen molar-refractivity contribution in [2.75, 3.05) is 31.6 Å². The molecule has 0 spiro atoms. The van der Waals surface area contributed by atoms with Gasteiger partial charge in [0.05, 0.1) is 12.6 Å². The van der Waals surface area contributed by atoms with Gasteiger partial charge in [-0.2, -0.15) is 0 Å². The lowest BCUT2D eigenvalue weighted by Gasteiger charge is -2.45. The molecule has 1 aromatic rings. The highest BCUT2D eigenvalue weighted by atomic mass is 19.1. The molecule has 0 aromatic heterocycles.